The molecule has 196 valence electrons. The molecule has 2 heterocycles. The van der Waals surface area contributed by atoms with E-state index in [2.05, 4.69) is 4.98 Å². The molecule has 0 saturated carbocycles. The molecule has 1 fully saturated rings. The SMILES string of the molecule is COc1cccc([C@H]2/C(=C(\O)c3ccc(OCc4ccccc4C)cc3)C(=O)C(=O)N2Cc2cccnc2)c1. The van der Waals surface area contributed by atoms with E-state index in [0.29, 0.717) is 29.2 Å². The van der Waals surface area contributed by atoms with Gasteiger partial charge in [-0.05, 0) is 71.6 Å². The molecule has 3 aromatic carbocycles. The molecular formula is C32H28N2O5. The highest BCUT2D eigenvalue weighted by Gasteiger charge is 2.46. The van der Waals surface area contributed by atoms with E-state index in [0.717, 1.165) is 16.7 Å². The van der Waals surface area contributed by atoms with Gasteiger partial charge in [0.05, 0.1) is 18.7 Å². The Morgan fingerprint density at radius 1 is 0.949 bits per heavy atom. The van der Waals surface area contributed by atoms with Crippen molar-refractivity contribution in [2.75, 3.05) is 7.11 Å². The van der Waals surface area contributed by atoms with Crippen molar-refractivity contribution in [2.45, 2.75) is 26.1 Å². The first-order chi connectivity index (χ1) is 19.0. The third-order valence-corrected chi connectivity index (χ3v) is 6.81. The molecule has 0 bridgehead atoms. The van der Waals surface area contributed by atoms with Crippen molar-refractivity contribution < 1.29 is 24.2 Å². The molecular weight excluding hydrogens is 492 g/mol. The molecule has 5 rings (SSSR count). The van der Waals surface area contributed by atoms with Crippen LogP contribution in [0.2, 0.25) is 0 Å². The number of carbonyl (C=O) groups is 2. The molecule has 39 heavy (non-hydrogen) atoms. The number of nitrogens with zero attached hydrogens (tertiary/aromatic N) is 2. The van der Waals surface area contributed by atoms with Crippen LogP contribution in [0.3, 0.4) is 0 Å². The lowest BCUT2D eigenvalue weighted by atomic mass is 9.95. The molecule has 1 amide bonds. The second-order valence-electron chi connectivity index (χ2n) is 9.30. The third-order valence-electron chi connectivity index (χ3n) is 6.81. The minimum absolute atomic E-state index is 0.0192. The fraction of sp³-hybridized carbons (Fsp3) is 0.156. The van der Waals surface area contributed by atoms with Crippen molar-refractivity contribution in [3.63, 3.8) is 0 Å². The summed E-state index contributed by atoms with van der Waals surface area (Å²) in [4.78, 5) is 32.2. The first-order valence-electron chi connectivity index (χ1n) is 12.6. The molecule has 1 aromatic heterocycles. The topological polar surface area (TPSA) is 89.0 Å². The summed E-state index contributed by atoms with van der Waals surface area (Å²) in [6.45, 7) is 2.60. The van der Waals surface area contributed by atoms with E-state index in [1.807, 2.05) is 43.3 Å². The van der Waals surface area contributed by atoms with Crippen LogP contribution < -0.4 is 9.47 Å². The monoisotopic (exact) mass is 520 g/mol. The zero-order valence-corrected chi connectivity index (χ0v) is 21.7. The van der Waals surface area contributed by atoms with Crippen LogP contribution in [0.15, 0.2) is 103 Å². The van der Waals surface area contributed by atoms with Crippen LogP contribution in [0.4, 0.5) is 0 Å². The fourth-order valence-electron chi connectivity index (χ4n) is 4.69. The van der Waals surface area contributed by atoms with Crippen LogP contribution in [0, 0.1) is 6.92 Å². The zero-order valence-electron chi connectivity index (χ0n) is 21.7. The van der Waals surface area contributed by atoms with Crippen molar-refractivity contribution in [3.8, 4) is 11.5 Å². The Morgan fingerprint density at radius 3 is 2.46 bits per heavy atom. The summed E-state index contributed by atoms with van der Waals surface area (Å²) in [5.41, 5.74) is 4.06. The molecule has 7 heteroatoms. The summed E-state index contributed by atoms with van der Waals surface area (Å²) in [5.74, 6) is -0.485. The number of hydrogen-bond donors (Lipinski definition) is 1. The Balaban J connectivity index is 1.49. The highest BCUT2D eigenvalue weighted by Crippen LogP contribution is 2.41. The number of benzene rings is 3. The van der Waals surface area contributed by atoms with Gasteiger partial charge in [-0.15, -0.1) is 0 Å². The van der Waals surface area contributed by atoms with Crippen LogP contribution >= 0.6 is 0 Å². The van der Waals surface area contributed by atoms with Gasteiger partial charge in [0, 0.05) is 24.5 Å². The summed E-state index contributed by atoms with van der Waals surface area (Å²) >= 11 is 0. The minimum Gasteiger partial charge on any atom is -0.507 e. The number of carbonyl (C=O) groups excluding carboxylic acids is 2. The van der Waals surface area contributed by atoms with E-state index in [9.17, 15) is 14.7 Å². The highest BCUT2D eigenvalue weighted by molar-refractivity contribution is 6.46. The molecule has 1 atom stereocenters. The Labute approximate surface area is 227 Å². The summed E-state index contributed by atoms with van der Waals surface area (Å²) in [6, 6.07) is 24.8. The molecule has 4 aromatic rings. The maximum absolute atomic E-state index is 13.3. The number of likely N-dealkylation sites (tertiary alicyclic amines) is 1. The molecule has 1 aliphatic heterocycles. The number of hydrogen-bond acceptors (Lipinski definition) is 6. The lowest BCUT2D eigenvalue weighted by molar-refractivity contribution is -0.140. The van der Waals surface area contributed by atoms with Gasteiger partial charge >= 0.3 is 0 Å². The normalized spacial score (nSPS) is 16.4. The van der Waals surface area contributed by atoms with Crippen LogP contribution in [-0.2, 0) is 22.7 Å². The van der Waals surface area contributed by atoms with Crippen molar-refractivity contribution >= 4 is 17.4 Å². The van der Waals surface area contributed by atoms with Gasteiger partial charge in [0.2, 0.25) is 0 Å². The zero-order chi connectivity index (χ0) is 27.4. The average Bonchev–Trinajstić information content (AvgIpc) is 3.22. The number of ether oxygens (including phenoxy) is 2. The van der Waals surface area contributed by atoms with Gasteiger partial charge in [-0.1, -0.05) is 42.5 Å². The predicted molar refractivity (Wildman–Crippen MR) is 147 cm³/mol. The van der Waals surface area contributed by atoms with Gasteiger partial charge in [-0.2, -0.15) is 0 Å². The molecule has 1 aliphatic rings. The van der Waals surface area contributed by atoms with E-state index in [-0.39, 0.29) is 17.9 Å². The number of ketones is 1. The molecule has 1 saturated heterocycles. The number of amides is 1. The average molecular weight is 521 g/mol. The van der Waals surface area contributed by atoms with E-state index in [4.69, 9.17) is 9.47 Å². The minimum atomic E-state index is -0.808. The quantitative estimate of drug-likeness (QED) is 0.185. The maximum atomic E-state index is 13.3. The van der Waals surface area contributed by atoms with Crippen molar-refractivity contribution in [1.82, 2.24) is 9.88 Å². The first-order valence-corrected chi connectivity index (χ1v) is 12.6. The number of pyridine rings is 1. The third kappa shape index (κ3) is 5.38. The van der Waals surface area contributed by atoms with E-state index < -0.39 is 17.7 Å². The molecule has 0 radical (unpaired) electrons. The van der Waals surface area contributed by atoms with Gasteiger partial charge in [-0.25, -0.2) is 0 Å². The van der Waals surface area contributed by atoms with Crippen LogP contribution in [0.25, 0.3) is 5.76 Å². The number of Topliss-reactive ketones (excluding diaryl/α,β-unsaturated/α-hetero) is 1. The Kier molecular flexibility index (Phi) is 7.41. The second kappa shape index (κ2) is 11.2. The van der Waals surface area contributed by atoms with Gasteiger partial charge in [0.1, 0.15) is 23.9 Å². The summed E-state index contributed by atoms with van der Waals surface area (Å²) in [6.07, 6.45) is 3.29. The van der Waals surface area contributed by atoms with Crippen molar-refractivity contribution in [3.05, 3.63) is 131 Å². The number of aryl methyl sites for hydroxylation is 1. The van der Waals surface area contributed by atoms with E-state index in [1.165, 1.54) is 4.90 Å². The van der Waals surface area contributed by atoms with E-state index in [1.54, 1.807) is 68.0 Å². The molecule has 7 nitrogen and oxygen atoms in total. The van der Waals surface area contributed by atoms with Crippen LogP contribution in [-0.4, -0.2) is 33.8 Å². The van der Waals surface area contributed by atoms with Crippen LogP contribution in [0.5, 0.6) is 11.5 Å². The van der Waals surface area contributed by atoms with Crippen molar-refractivity contribution in [2.24, 2.45) is 0 Å². The number of rotatable bonds is 8. The Hall–Kier alpha value is -4.91. The summed E-state index contributed by atoms with van der Waals surface area (Å²) in [5, 5.41) is 11.4. The Bertz CT molecular complexity index is 1530. The van der Waals surface area contributed by atoms with Gasteiger partial charge < -0.3 is 19.5 Å². The van der Waals surface area contributed by atoms with Crippen LogP contribution in [0.1, 0.15) is 33.9 Å². The second-order valence-corrected chi connectivity index (χ2v) is 9.30. The van der Waals surface area contributed by atoms with Crippen molar-refractivity contribution in [1.29, 1.82) is 0 Å². The molecule has 0 unspecified atom stereocenters. The smallest absolute Gasteiger partial charge is 0.295 e. The number of methoxy groups -OCH3 is 1. The summed E-state index contributed by atoms with van der Waals surface area (Å²) < 4.78 is 11.3. The predicted octanol–water partition coefficient (Wildman–Crippen LogP) is 5.60. The van der Waals surface area contributed by atoms with E-state index >= 15 is 0 Å². The largest absolute Gasteiger partial charge is 0.507 e. The lowest BCUT2D eigenvalue weighted by Gasteiger charge is -2.25. The number of aliphatic hydroxyl groups excluding tert-OH is 1. The van der Waals surface area contributed by atoms with Gasteiger partial charge in [0.25, 0.3) is 11.7 Å². The molecule has 1 N–H and O–H groups in total. The number of aliphatic hydroxyl groups is 1. The number of aromatic nitrogens is 1. The van der Waals surface area contributed by atoms with Gasteiger partial charge in [-0.3, -0.25) is 14.6 Å². The molecule has 0 spiro atoms. The maximum Gasteiger partial charge on any atom is 0.295 e. The summed E-state index contributed by atoms with van der Waals surface area (Å²) in [7, 11) is 1.55. The highest BCUT2D eigenvalue weighted by atomic mass is 16.5. The van der Waals surface area contributed by atoms with Gasteiger partial charge in [0.15, 0.2) is 0 Å². The first kappa shape index (κ1) is 25.7. The fourth-order valence-corrected chi connectivity index (χ4v) is 4.69. The molecule has 0 aliphatic carbocycles. The Morgan fingerprint density at radius 2 is 1.74 bits per heavy atom. The lowest BCUT2D eigenvalue weighted by Crippen LogP contribution is -2.29. The standard InChI is InChI=1S/C32H28N2O5/c1-21-7-3-4-9-25(21)20-39-26-14-12-23(13-15-26)30(35)28-29(24-10-5-11-27(17-24)38-2)34(32(37)31(28)36)19-22-8-6-16-33-18-22/h3-18,29,35H,19-20H2,1-2H3/b30-28+/t29-/m0/s1.